The molecule has 1 aliphatic heterocycles. The maximum absolute atomic E-state index is 13.5. The highest BCUT2D eigenvalue weighted by molar-refractivity contribution is 5.94. The quantitative estimate of drug-likeness (QED) is 0.277. The zero-order chi connectivity index (χ0) is 28.2. The first-order valence-corrected chi connectivity index (χ1v) is 13.1. The van der Waals surface area contributed by atoms with Gasteiger partial charge in [0.1, 0.15) is 11.6 Å². The number of likely N-dealkylation sites (tertiary alicyclic amines) is 1. The number of carbonyl (C=O) groups excluding carboxylic acids is 1. The Kier molecular flexibility index (Phi) is 8.95. The fraction of sp³-hybridized carbons (Fsp3) is 0.387. The molecule has 0 aliphatic carbocycles. The van der Waals surface area contributed by atoms with Gasteiger partial charge in [-0.15, -0.1) is 0 Å². The van der Waals surface area contributed by atoms with Crippen molar-refractivity contribution in [3.8, 4) is 5.75 Å². The average Bonchev–Trinajstić information content (AvgIpc) is 3.29. The van der Waals surface area contributed by atoms with Crippen molar-refractivity contribution < 1.29 is 27.1 Å². The van der Waals surface area contributed by atoms with Crippen LogP contribution in [0.25, 0.3) is 0 Å². The predicted octanol–water partition coefficient (Wildman–Crippen LogP) is 6.87. The third-order valence-electron chi connectivity index (χ3n) is 7.12. The zero-order valence-corrected chi connectivity index (χ0v) is 22.4. The molecule has 0 radical (unpaired) electrons. The Morgan fingerprint density at radius 2 is 1.74 bits per heavy atom. The number of hydrogen-bond donors (Lipinski definition) is 0. The van der Waals surface area contributed by atoms with Crippen molar-refractivity contribution >= 4 is 5.91 Å². The summed E-state index contributed by atoms with van der Waals surface area (Å²) < 4.78 is 58.8. The maximum atomic E-state index is 13.5. The van der Waals surface area contributed by atoms with Crippen LogP contribution >= 0.6 is 0 Å². The minimum Gasteiger partial charge on any atom is -0.497 e. The molecule has 0 saturated carbocycles. The summed E-state index contributed by atoms with van der Waals surface area (Å²) in [4.78, 5) is 17.5. The average molecular weight is 543 g/mol. The first-order chi connectivity index (χ1) is 18.5. The minimum absolute atomic E-state index is 0.0334. The summed E-state index contributed by atoms with van der Waals surface area (Å²) in [6, 6.07) is 18.8. The molecule has 1 amide bonds. The molecular weight excluding hydrogens is 508 g/mol. The summed E-state index contributed by atoms with van der Waals surface area (Å²) in [5.74, 6) is 0.453. The van der Waals surface area contributed by atoms with Gasteiger partial charge >= 0.3 is 6.18 Å². The minimum atomic E-state index is -4.40. The smallest absolute Gasteiger partial charge is 0.416 e. The normalized spacial score (nSPS) is 17.9. The fourth-order valence-electron chi connectivity index (χ4n) is 5.37. The molecule has 1 heterocycles. The van der Waals surface area contributed by atoms with Crippen molar-refractivity contribution in [2.45, 2.75) is 32.5 Å². The largest absolute Gasteiger partial charge is 0.497 e. The van der Waals surface area contributed by atoms with E-state index < -0.39 is 17.6 Å². The molecule has 4 nitrogen and oxygen atoms in total. The van der Waals surface area contributed by atoms with E-state index in [0.29, 0.717) is 43.9 Å². The number of hydrogen-bond acceptors (Lipinski definition) is 3. The third kappa shape index (κ3) is 7.38. The molecule has 1 aliphatic rings. The second-order valence-electron chi connectivity index (χ2n) is 10.6. The second-order valence-corrected chi connectivity index (χ2v) is 10.6. The number of carbonyl (C=O) groups is 1. The Bertz CT molecular complexity index is 1260. The van der Waals surface area contributed by atoms with Gasteiger partial charge in [-0.2, -0.15) is 13.2 Å². The van der Waals surface area contributed by atoms with Gasteiger partial charge in [0, 0.05) is 44.2 Å². The van der Waals surface area contributed by atoms with E-state index in [4.69, 9.17) is 4.74 Å². The van der Waals surface area contributed by atoms with E-state index in [9.17, 15) is 22.4 Å². The van der Waals surface area contributed by atoms with Gasteiger partial charge in [0.15, 0.2) is 0 Å². The van der Waals surface area contributed by atoms with Gasteiger partial charge < -0.3 is 9.64 Å². The van der Waals surface area contributed by atoms with Gasteiger partial charge in [-0.1, -0.05) is 44.2 Å². The molecule has 1 fully saturated rings. The molecule has 2 atom stereocenters. The Labute approximate surface area is 227 Å². The van der Waals surface area contributed by atoms with Crippen LogP contribution in [0.5, 0.6) is 5.75 Å². The molecule has 0 bridgehead atoms. The second kappa shape index (κ2) is 12.2. The lowest BCUT2D eigenvalue weighted by atomic mass is 9.88. The predicted molar refractivity (Wildman–Crippen MR) is 143 cm³/mol. The van der Waals surface area contributed by atoms with Crippen LogP contribution in [0.15, 0.2) is 72.8 Å². The highest BCUT2D eigenvalue weighted by atomic mass is 19.4. The monoisotopic (exact) mass is 542 g/mol. The van der Waals surface area contributed by atoms with Crippen LogP contribution in [0.2, 0.25) is 0 Å². The number of halogens is 4. The standard InChI is InChI=1S/C31H34F4N2O2/c1-21(2)16-37(30(38)23-10-12-27(32)13-11-23)19-25-18-36(17-22-6-4-8-26(14-22)31(33,34)35)20-29(25)24-7-5-9-28(15-24)39-3/h4-15,21,25,29H,16-20H2,1-3H3/t25-,29+/m0/s1. The summed E-state index contributed by atoms with van der Waals surface area (Å²) in [6.07, 6.45) is -4.40. The van der Waals surface area contributed by atoms with Gasteiger partial charge in [0.2, 0.25) is 0 Å². The number of rotatable bonds is 9. The molecule has 3 aromatic carbocycles. The number of amides is 1. The Hall–Kier alpha value is -3.39. The molecule has 39 heavy (non-hydrogen) atoms. The van der Waals surface area contributed by atoms with Crippen molar-refractivity contribution in [2.75, 3.05) is 33.3 Å². The number of nitrogens with zero attached hydrogens (tertiary/aromatic N) is 2. The van der Waals surface area contributed by atoms with E-state index in [-0.39, 0.29) is 23.7 Å². The van der Waals surface area contributed by atoms with Crippen molar-refractivity contribution in [2.24, 2.45) is 11.8 Å². The number of methoxy groups -OCH3 is 1. The first kappa shape index (κ1) is 28.6. The van der Waals surface area contributed by atoms with Gasteiger partial charge in [-0.3, -0.25) is 9.69 Å². The third-order valence-corrected chi connectivity index (χ3v) is 7.12. The van der Waals surface area contributed by atoms with E-state index in [2.05, 4.69) is 4.90 Å². The molecule has 0 spiro atoms. The Morgan fingerprint density at radius 3 is 2.41 bits per heavy atom. The molecule has 0 aromatic heterocycles. The van der Waals surface area contributed by atoms with Crippen LogP contribution < -0.4 is 4.74 Å². The Balaban J connectivity index is 1.61. The van der Waals surface area contributed by atoms with Crippen LogP contribution in [0.4, 0.5) is 17.6 Å². The topological polar surface area (TPSA) is 32.8 Å². The van der Waals surface area contributed by atoms with Crippen molar-refractivity contribution in [1.82, 2.24) is 9.80 Å². The van der Waals surface area contributed by atoms with Gasteiger partial charge in [-0.05, 0) is 65.4 Å². The summed E-state index contributed by atoms with van der Waals surface area (Å²) >= 11 is 0. The van der Waals surface area contributed by atoms with Crippen molar-refractivity contribution in [1.29, 1.82) is 0 Å². The van der Waals surface area contributed by atoms with E-state index in [1.807, 2.05) is 43.0 Å². The zero-order valence-electron chi connectivity index (χ0n) is 22.4. The van der Waals surface area contributed by atoms with Gasteiger partial charge in [0.05, 0.1) is 12.7 Å². The maximum Gasteiger partial charge on any atom is 0.416 e. The van der Waals surface area contributed by atoms with Gasteiger partial charge in [0.25, 0.3) is 5.91 Å². The highest BCUT2D eigenvalue weighted by Crippen LogP contribution is 2.36. The van der Waals surface area contributed by atoms with Crippen LogP contribution in [0.1, 0.15) is 46.8 Å². The number of alkyl halides is 3. The van der Waals surface area contributed by atoms with Gasteiger partial charge in [-0.25, -0.2) is 4.39 Å². The molecule has 8 heteroatoms. The lowest BCUT2D eigenvalue weighted by molar-refractivity contribution is -0.137. The molecule has 0 unspecified atom stereocenters. The van der Waals surface area contributed by atoms with Crippen LogP contribution in [0, 0.1) is 17.7 Å². The molecule has 3 aromatic rings. The molecule has 4 rings (SSSR count). The number of ether oxygens (including phenoxy) is 1. The summed E-state index contributed by atoms with van der Waals surface area (Å²) in [5.41, 5.74) is 1.42. The van der Waals surface area contributed by atoms with Crippen LogP contribution in [-0.2, 0) is 12.7 Å². The van der Waals surface area contributed by atoms with E-state index >= 15 is 0 Å². The van der Waals surface area contributed by atoms with Crippen molar-refractivity contribution in [3.05, 3.63) is 101 Å². The molecule has 1 saturated heterocycles. The molecular formula is C31H34F4N2O2. The summed E-state index contributed by atoms with van der Waals surface area (Å²) in [7, 11) is 1.61. The SMILES string of the molecule is COc1cccc([C@H]2CN(Cc3cccc(C(F)(F)F)c3)C[C@H]2CN(CC(C)C)C(=O)c2ccc(F)cc2)c1. The summed E-state index contributed by atoms with van der Waals surface area (Å²) in [6.45, 7) is 6.70. The van der Waals surface area contributed by atoms with Crippen molar-refractivity contribution in [3.63, 3.8) is 0 Å². The van der Waals surface area contributed by atoms with E-state index in [0.717, 1.165) is 17.4 Å². The molecule has 0 N–H and O–H groups in total. The first-order valence-electron chi connectivity index (χ1n) is 13.1. The lowest BCUT2D eigenvalue weighted by Crippen LogP contribution is -2.39. The Morgan fingerprint density at radius 1 is 1.03 bits per heavy atom. The number of benzene rings is 3. The fourth-order valence-corrected chi connectivity index (χ4v) is 5.37. The van der Waals surface area contributed by atoms with Crippen LogP contribution in [0.3, 0.4) is 0 Å². The van der Waals surface area contributed by atoms with E-state index in [1.165, 1.54) is 36.4 Å². The highest BCUT2D eigenvalue weighted by Gasteiger charge is 2.37. The van der Waals surface area contributed by atoms with E-state index in [1.54, 1.807) is 13.2 Å². The molecule has 208 valence electrons. The van der Waals surface area contributed by atoms with Crippen LogP contribution in [-0.4, -0.2) is 49.0 Å². The summed E-state index contributed by atoms with van der Waals surface area (Å²) in [5, 5.41) is 0. The lowest BCUT2D eigenvalue weighted by Gasteiger charge is -2.30.